The monoisotopic (exact) mass is 262 g/mol. The van der Waals surface area contributed by atoms with E-state index in [4.69, 9.17) is 9.47 Å². The molecule has 1 fully saturated rings. The predicted molar refractivity (Wildman–Crippen MR) is 78.2 cm³/mol. The minimum atomic E-state index is -0.185. The van der Waals surface area contributed by atoms with Gasteiger partial charge in [0.15, 0.2) is 6.29 Å². The van der Waals surface area contributed by atoms with Gasteiger partial charge in [0.1, 0.15) is 0 Å². The fourth-order valence-electron chi connectivity index (χ4n) is 2.49. The molecule has 1 unspecified atom stereocenters. The third-order valence-electron chi connectivity index (χ3n) is 3.93. The molecule has 1 atom stereocenters. The molecule has 0 bridgehead atoms. The van der Waals surface area contributed by atoms with Crippen LogP contribution >= 0.6 is 0 Å². The molecule has 19 heavy (non-hydrogen) atoms. The van der Waals surface area contributed by atoms with Crippen LogP contribution in [0, 0.1) is 0 Å². The van der Waals surface area contributed by atoms with Crippen LogP contribution in [0.4, 0.5) is 0 Å². The maximum Gasteiger partial charge on any atom is 0.165 e. The van der Waals surface area contributed by atoms with Crippen molar-refractivity contribution < 1.29 is 9.47 Å². The zero-order valence-electron chi connectivity index (χ0n) is 12.8. The summed E-state index contributed by atoms with van der Waals surface area (Å²) in [5, 5.41) is 0. The highest BCUT2D eigenvalue weighted by atomic mass is 16.7. The van der Waals surface area contributed by atoms with Crippen LogP contribution in [0.25, 0.3) is 0 Å². The van der Waals surface area contributed by atoms with Crippen molar-refractivity contribution in [3.8, 4) is 0 Å². The minimum absolute atomic E-state index is 0.124. The molecule has 1 aliphatic heterocycles. The van der Waals surface area contributed by atoms with E-state index < -0.39 is 0 Å². The number of rotatable bonds is 2. The second-order valence-electron chi connectivity index (χ2n) is 6.82. The quantitative estimate of drug-likeness (QED) is 0.781. The van der Waals surface area contributed by atoms with Crippen LogP contribution in [0.5, 0.6) is 0 Å². The zero-order chi connectivity index (χ0) is 14.1. The Kier molecular flexibility index (Phi) is 4.03. The topological polar surface area (TPSA) is 18.5 Å². The lowest BCUT2D eigenvalue weighted by atomic mass is 9.94. The van der Waals surface area contributed by atoms with Gasteiger partial charge >= 0.3 is 0 Å². The van der Waals surface area contributed by atoms with Crippen LogP contribution in [-0.2, 0) is 9.47 Å². The van der Waals surface area contributed by atoms with E-state index in [1.807, 2.05) is 6.07 Å². The average molecular weight is 262 g/mol. The van der Waals surface area contributed by atoms with Crippen molar-refractivity contribution in [1.82, 2.24) is 0 Å². The van der Waals surface area contributed by atoms with Gasteiger partial charge in [-0.15, -0.1) is 0 Å². The van der Waals surface area contributed by atoms with E-state index in [2.05, 4.69) is 58.9 Å². The molecule has 106 valence electrons. The molecule has 1 aliphatic rings. The minimum Gasteiger partial charge on any atom is -0.346 e. The molecule has 0 aromatic heterocycles. The summed E-state index contributed by atoms with van der Waals surface area (Å²) in [4.78, 5) is 0. The molecule has 0 radical (unpaired) electrons. The number of hydrogen-bond acceptors (Lipinski definition) is 2. The molecule has 0 spiro atoms. The first-order valence-corrected chi connectivity index (χ1v) is 7.20. The number of hydrogen-bond donors (Lipinski definition) is 0. The van der Waals surface area contributed by atoms with Crippen LogP contribution in [-0.4, -0.2) is 17.5 Å². The van der Waals surface area contributed by atoms with Crippen molar-refractivity contribution >= 4 is 0 Å². The maximum absolute atomic E-state index is 6.23. The highest BCUT2D eigenvalue weighted by Crippen LogP contribution is 2.37. The fourth-order valence-corrected chi connectivity index (χ4v) is 2.49. The van der Waals surface area contributed by atoms with Gasteiger partial charge in [-0.05, 0) is 46.1 Å². The summed E-state index contributed by atoms with van der Waals surface area (Å²) in [7, 11) is 0. The largest absolute Gasteiger partial charge is 0.346 e. The highest BCUT2D eigenvalue weighted by molar-refractivity contribution is 5.19. The normalized spacial score (nSPS) is 24.7. The van der Waals surface area contributed by atoms with E-state index in [0.29, 0.717) is 0 Å². The zero-order valence-corrected chi connectivity index (χ0v) is 12.8. The van der Waals surface area contributed by atoms with Crippen molar-refractivity contribution in [2.24, 2.45) is 0 Å². The van der Waals surface area contributed by atoms with Crippen molar-refractivity contribution in [1.29, 1.82) is 0 Å². The predicted octanol–water partition coefficient (Wildman–Crippen LogP) is 4.50. The Hall–Kier alpha value is -0.860. The van der Waals surface area contributed by atoms with E-state index in [1.54, 1.807) is 0 Å². The Labute approximate surface area is 117 Å². The maximum atomic E-state index is 6.23. The summed E-state index contributed by atoms with van der Waals surface area (Å²) >= 11 is 0. The second kappa shape index (κ2) is 5.26. The Morgan fingerprint density at radius 2 is 1.42 bits per heavy atom. The van der Waals surface area contributed by atoms with Gasteiger partial charge < -0.3 is 9.47 Å². The Morgan fingerprint density at radius 3 is 1.89 bits per heavy atom. The molecule has 0 saturated carbocycles. The van der Waals surface area contributed by atoms with Crippen molar-refractivity contribution in [3.63, 3.8) is 0 Å². The van der Waals surface area contributed by atoms with Crippen LogP contribution in [0.3, 0.4) is 0 Å². The molecule has 2 nitrogen and oxygen atoms in total. The molecule has 0 N–H and O–H groups in total. The summed E-state index contributed by atoms with van der Waals surface area (Å²) in [6.45, 7) is 10.8. The molecular weight excluding hydrogens is 236 g/mol. The molecule has 2 rings (SSSR count). The molecule has 1 saturated heterocycles. The van der Waals surface area contributed by atoms with Gasteiger partial charge in [0, 0.05) is 5.92 Å². The van der Waals surface area contributed by atoms with Gasteiger partial charge in [-0.3, -0.25) is 0 Å². The number of ether oxygens (including phenoxy) is 2. The third-order valence-corrected chi connectivity index (χ3v) is 3.93. The molecule has 1 aromatic rings. The van der Waals surface area contributed by atoms with Crippen LogP contribution in [0.1, 0.15) is 58.9 Å². The summed E-state index contributed by atoms with van der Waals surface area (Å²) in [6, 6.07) is 10.5. The van der Waals surface area contributed by atoms with Crippen LogP contribution < -0.4 is 0 Å². The first-order valence-electron chi connectivity index (χ1n) is 7.20. The highest BCUT2D eigenvalue weighted by Gasteiger charge is 2.38. The van der Waals surface area contributed by atoms with Crippen LogP contribution in [0.2, 0.25) is 0 Å². The molecule has 0 amide bonds. The van der Waals surface area contributed by atoms with Gasteiger partial charge in [0.25, 0.3) is 0 Å². The lowest BCUT2D eigenvalue weighted by Crippen LogP contribution is -2.35. The Morgan fingerprint density at radius 1 is 0.947 bits per heavy atom. The van der Waals surface area contributed by atoms with Crippen molar-refractivity contribution in [2.45, 2.75) is 70.9 Å². The van der Waals surface area contributed by atoms with Crippen molar-refractivity contribution in [2.75, 3.05) is 0 Å². The Balaban J connectivity index is 2.21. The SMILES string of the molecule is CC(c1ccccc1)C1OC(C)(C)CCC(C)(C)O1. The third kappa shape index (κ3) is 3.80. The fraction of sp³-hybridized carbons (Fsp3) is 0.647. The van der Waals surface area contributed by atoms with E-state index in [1.165, 1.54) is 5.56 Å². The summed E-state index contributed by atoms with van der Waals surface area (Å²) < 4.78 is 12.5. The smallest absolute Gasteiger partial charge is 0.165 e. The Bertz CT molecular complexity index is 391. The average Bonchev–Trinajstić information content (AvgIpc) is 2.46. The summed E-state index contributed by atoms with van der Waals surface area (Å²) in [5.74, 6) is 0.234. The van der Waals surface area contributed by atoms with Gasteiger partial charge in [-0.1, -0.05) is 37.3 Å². The van der Waals surface area contributed by atoms with E-state index in [9.17, 15) is 0 Å². The van der Waals surface area contributed by atoms with Gasteiger partial charge in [-0.2, -0.15) is 0 Å². The molecule has 0 aliphatic carbocycles. The number of benzene rings is 1. The molecule has 1 heterocycles. The van der Waals surface area contributed by atoms with Gasteiger partial charge in [0.05, 0.1) is 11.2 Å². The van der Waals surface area contributed by atoms with Gasteiger partial charge in [0.2, 0.25) is 0 Å². The van der Waals surface area contributed by atoms with Gasteiger partial charge in [-0.25, -0.2) is 0 Å². The molecule has 1 aromatic carbocycles. The standard InChI is InChI=1S/C17H26O2/c1-13(14-9-7-6-8-10-14)15-18-16(2,3)11-12-17(4,5)19-15/h6-10,13,15H,11-12H2,1-5H3. The lowest BCUT2D eigenvalue weighted by Gasteiger charge is -2.33. The van der Waals surface area contributed by atoms with E-state index in [0.717, 1.165) is 12.8 Å². The summed E-state index contributed by atoms with van der Waals surface area (Å²) in [5.41, 5.74) is 1.02. The lowest BCUT2D eigenvalue weighted by molar-refractivity contribution is -0.226. The second-order valence-corrected chi connectivity index (χ2v) is 6.82. The summed E-state index contributed by atoms with van der Waals surface area (Å²) in [6.07, 6.45) is 1.87. The first-order chi connectivity index (χ1) is 8.79. The molecule has 2 heteroatoms. The van der Waals surface area contributed by atoms with Crippen LogP contribution in [0.15, 0.2) is 30.3 Å². The molecular formula is C17H26O2. The van der Waals surface area contributed by atoms with Crippen molar-refractivity contribution in [3.05, 3.63) is 35.9 Å². The van der Waals surface area contributed by atoms with E-state index in [-0.39, 0.29) is 23.4 Å². The first kappa shape index (κ1) is 14.5. The van der Waals surface area contributed by atoms with E-state index >= 15 is 0 Å².